The average Bonchev–Trinajstić information content (AvgIpc) is 2.46. The van der Waals surface area contributed by atoms with E-state index in [9.17, 15) is 0 Å². The maximum absolute atomic E-state index is 5.72. The molecule has 1 atom stereocenters. The maximum Gasteiger partial charge on any atom is 0.119 e. The van der Waals surface area contributed by atoms with Gasteiger partial charge in [0, 0.05) is 12.6 Å². The molecule has 0 saturated carbocycles. The molecule has 1 rings (SSSR count). The van der Waals surface area contributed by atoms with E-state index in [1.807, 2.05) is 30.3 Å². The Bertz CT molecular complexity index is 312. The highest BCUT2D eigenvalue weighted by atomic mass is 16.5. The monoisotopic (exact) mass is 265 g/mol. The lowest BCUT2D eigenvalue weighted by atomic mass is 10.1. The Kier molecular flexibility index (Phi) is 8.26. The van der Waals surface area contributed by atoms with E-state index in [-0.39, 0.29) is 6.10 Å². The van der Waals surface area contributed by atoms with Gasteiger partial charge in [-0.05, 0) is 31.9 Å². The minimum atomic E-state index is 0.222. The second-order valence-electron chi connectivity index (χ2n) is 4.76. The summed E-state index contributed by atoms with van der Waals surface area (Å²) in [5.74, 6) is 0.897. The molecule has 19 heavy (non-hydrogen) atoms. The summed E-state index contributed by atoms with van der Waals surface area (Å²) >= 11 is 0. The van der Waals surface area contributed by atoms with Crippen LogP contribution < -0.4 is 10.1 Å². The zero-order valence-corrected chi connectivity index (χ0v) is 12.4. The predicted octanol–water partition coefficient (Wildman–Crippen LogP) is 3.25. The van der Waals surface area contributed by atoms with Crippen molar-refractivity contribution in [2.75, 3.05) is 19.8 Å². The van der Waals surface area contributed by atoms with Crippen molar-refractivity contribution in [1.29, 1.82) is 0 Å². The van der Waals surface area contributed by atoms with Crippen molar-refractivity contribution in [3.8, 4) is 5.75 Å². The van der Waals surface area contributed by atoms with Gasteiger partial charge in [0.2, 0.25) is 0 Å². The van der Waals surface area contributed by atoms with Gasteiger partial charge in [0.25, 0.3) is 0 Å². The molecule has 0 fully saturated rings. The molecule has 1 aromatic carbocycles. The van der Waals surface area contributed by atoms with Crippen LogP contribution in [0.4, 0.5) is 0 Å². The van der Waals surface area contributed by atoms with Crippen LogP contribution in [0.3, 0.4) is 0 Å². The largest absolute Gasteiger partial charge is 0.491 e. The van der Waals surface area contributed by atoms with Crippen LogP contribution in [-0.2, 0) is 4.74 Å². The lowest BCUT2D eigenvalue weighted by Crippen LogP contribution is -2.35. The molecule has 3 heteroatoms. The molecule has 1 unspecified atom stereocenters. The Balaban J connectivity index is 2.05. The molecular formula is C16H27NO2. The van der Waals surface area contributed by atoms with Crippen molar-refractivity contribution in [1.82, 2.24) is 5.32 Å². The van der Waals surface area contributed by atoms with Gasteiger partial charge in [-0.1, -0.05) is 32.0 Å². The predicted molar refractivity (Wildman–Crippen MR) is 79.7 cm³/mol. The van der Waals surface area contributed by atoms with Crippen LogP contribution in [0.2, 0.25) is 0 Å². The minimum Gasteiger partial charge on any atom is -0.491 e. The van der Waals surface area contributed by atoms with E-state index in [2.05, 4.69) is 26.1 Å². The highest BCUT2D eigenvalue weighted by molar-refractivity contribution is 5.20. The Labute approximate surface area is 117 Å². The summed E-state index contributed by atoms with van der Waals surface area (Å²) in [4.78, 5) is 0. The number of hydrogen-bond donors (Lipinski definition) is 1. The second kappa shape index (κ2) is 9.82. The molecule has 0 aliphatic heterocycles. The summed E-state index contributed by atoms with van der Waals surface area (Å²) in [7, 11) is 0. The van der Waals surface area contributed by atoms with Crippen molar-refractivity contribution >= 4 is 0 Å². The van der Waals surface area contributed by atoms with Crippen molar-refractivity contribution in [2.45, 2.75) is 45.8 Å². The Hall–Kier alpha value is -1.06. The zero-order valence-electron chi connectivity index (χ0n) is 12.4. The van der Waals surface area contributed by atoms with E-state index in [0.29, 0.717) is 19.3 Å². The molecule has 0 aliphatic rings. The van der Waals surface area contributed by atoms with Gasteiger partial charge in [0.15, 0.2) is 0 Å². The summed E-state index contributed by atoms with van der Waals surface area (Å²) in [5, 5.41) is 3.51. The summed E-state index contributed by atoms with van der Waals surface area (Å²) in [6.45, 7) is 8.64. The van der Waals surface area contributed by atoms with Crippen LogP contribution in [-0.4, -0.2) is 31.9 Å². The lowest BCUT2D eigenvalue weighted by molar-refractivity contribution is 0.0431. The molecule has 0 aromatic heterocycles. The Morgan fingerprint density at radius 3 is 2.37 bits per heavy atom. The van der Waals surface area contributed by atoms with Gasteiger partial charge >= 0.3 is 0 Å². The fourth-order valence-corrected chi connectivity index (χ4v) is 1.89. The summed E-state index contributed by atoms with van der Waals surface area (Å²) in [6.07, 6.45) is 2.56. The Morgan fingerprint density at radius 1 is 1.05 bits per heavy atom. The summed E-state index contributed by atoms with van der Waals surface area (Å²) in [6, 6.07) is 10.4. The molecule has 0 heterocycles. The van der Waals surface area contributed by atoms with Crippen LogP contribution in [0, 0.1) is 0 Å². The van der Waals surface area contributed by atoms with Crippen LogP contribution in [0.25, 0.3) is 0 Å². The first-order valence-corrected chi connectivity index (χ1v) is 7.29. The molecule has 108 valence electrons. The fourth-order valence-electron chi connectivity index (χ4n) is 1.89. The van der Waals surface area contributed by atoms with E-state index in [1.54, 1.807) is 0 Å². The van der Waals surface area contributed by atoms with Crippen LogP contribution in [0.1, 0.15) is 33.6 Å². The number of nitrogens with one attached hydrogen (secondary N) is 1. The van der Waals surface area contributed by atoms with Gasteiger partial charge in [0.05, 0.1) is 12.7 Å². The lowest BCUT2D eigenvalue weighted by Gasteiger charge is -2.19. The quantitative estimate of drug-likeness (QED) is 0.659. The third kappa shape index (κ3) is 7.19. The van der Waals surface area contributed by atoms with E-state index < -0.39 is 0 Å². The van der Waals surface area contributed by atoms with Gasteiger partial charge in [-0.15, -0.1) is 0 Å². The van der Waals surface area contributed by atoms with Gasteiger partial charge < -0.3 is 14.8 Å². The second-order valence-corrected chi connectivity index (χ2v) is 4.76. The number of para-hydroxylation sites is 1. The SMILES string of the molecule is CCC(CC)NCC(C)OCCOc1ccccc1. The van der Waals surface area contributed by atoms with Crippen LogP contribution >= 0.6 is 0 Å². The van der Waals surface area contributed by atoms with Crippen molar-refractivity contribution in [2.24, 2.45) is 0 Å². The van der Waals surface area contributed by atoms with E-state index in [0.717, 1.165) is 12.3 Å². The van der Waals surface area contributed by atoms with E-state index in [4.69, 9.17) is 9.47 Å². The number of ether oxygens (including phenoxy) is 2. The van der Waals surface area contributed by atoms with Gasteiger partial charge in [-0.2, -0.15) is 0 Å². The smallest absolute Gasteiger partial charge is 0.119 e. The topological polar surface area (TPSA) is 30.5 Å². The van der Waals surface area contributed by atoms with Gasteiger partial charge in [-0.25, -0.2) is 0 Å². The first-order valence-electron chi connectivity index (χ1n) is 7.29. The molecule has 0 radical (unpaired) electrons. The molecule has 0 amide bonds. The molecular weight excluding hydrogens is 238 g/mol. The first kappa shape index (κ1) is 16.0. The van der Waals surface area contributed by atoms with Crippen molar-refractivity contribution in [3.05, 3.63) is 30.3 Å². The van der Waals surface area contributed by atoms with Crippen molar-refractivity contribution in [3.63, 3.8) is 0 Å². The zero-order chi connectivity index (χ0) is 13.9. The molecule has 1 aromatic rings. The Morgan fingerprint density at radius 2 is 1.74 bits per heavy atom. The third-order valence-electron chi connectivity index (χ3n) is 3.18. The highest BCUT2D eigenvalue weighted by Crippen LogP contribution is 2.07. The van der Waals surface area contributed by atoms with Gasteiger partial charge in [-0.3, -0.25) is 0 Å². The molecule has 1 N–H and O–H groups in total. The summed E-state index contributed by atoms with van der Waals surface area (Å²) in [5.41, 5.74) is 0. The van der Waals surface area contributed by atoms with E-state index >= 15 is 0 Å². The van der Waals surface area contributed by atoms with Crippen LogP contribution in [0.15, 0.2) is 30.3 Å². The molecule has 0 saturated heterocycles. The molecule has 3 nitrogen and oxygen atoms in total. The first-order chi connectivity index (χ1) is 9.26. The normalized spacial score (nSPS) is 12.6. The molecule has 0 aliphatic carbocycles. The summed E-state index contributed by atoms with van der Waals surface area (Å²) < 4.78 is 11.3. The minimum absolute atomic E-state index is 0.222. The molecule has 0 spiro atoms. The van der Waals surface area contributed by atoms with Crippen LogP contribution in [0.5, 0.6) is 5.75 Å². The third-order valence-corrected chi connectivity index (χ3v) is 3.18. The van der Waals surface area contributed by atoms with E-state index in [1.165, 1.54) is 12.8 Å². The number of hydrogen-bond acceptors (Lipinski definition) is 3. The fraction of sp³-hybridized carbons (Fsp3) is 0.625. The highest BCUT2D eigenvalue weighted by Gasteiger charge is 2.06. The number of rotatable bonds is 10. The maximum atomic E-state index is 5.72. The molecule has 0 bridgehead atoms. The average molecular weight is 265 g/mol. The standard InChI is InChI=1S/C16H27NO2/c1-4-15(5-2)17-13-14(3)18-11-12-19-16-9-7-6-8-10-16/h6-10,14-15,17H,4-5,11-13H2,1-3H3. The number of benzene rings is 1. The van der Waals surface area contributed by atoms with Gasteiger partial charge in [0.1, 0.15) is 12.4 Å². The van der Waals surface area contributed by atoms with Crippen molar-refractivity contribution < 1.29 is 9.47 Å².